The standard InChI is InChI=1S/C54H27B3O6.C42H22B2O4/c1-4-13-37-31(10-1)55-34-25-22-28-46(52(34)61-43-19-7-16-40(58-37)49(43)55)29-23-26-35-54(63-45-21-9-18-42-51(45)56(35)32-11-2-5-14-38(32)59-42)48(29)30-24-27-36-53(47(28)30)62-44-20-8-17-41-50(44)57(36)33-12-3-6-15-39(33)60-41;1-2-10-24-23(9-1)25-19-31-39(47-37-17-7-15-35-41(37)43(31)29-11-3-5-13-33(29)45-35)21-27(25)28-22-40-32(20-26(24)28)44-30-12-4-6-14-34(30)46-36-16-8-18-38(48-40)42(36)44/h1-27H;1-22H/i1D,2D,3D,4D,5D,6D,7D,8D,9D,10D,11D,12D,13D,14D,15D,16D,17D,18D,19D,20D,21D,22D,23D,24D,25D,26D;1D,2D,3D,4D,5D,6D,7D,8D,9D,10D,11D,12D,13D,14D,15D,16D,17D,18D,19D,20D,21D,22D. The van der Waals surface area contributed by atoms with E-state index in [1.807, 2.05) is 0 Å². The Morgan fingerprint density at radius 3 is 0.739 bits per heavy atom. The van der Waals surface area contributed by atoms with E-state index in [4.69, 9.17) is 89.9 Å². The first kappa shape index (κ1) is 30.5. The molecule has 0 N–H and O–H groups in total. The van der Waals surface area contributed by atoms with Crippen LogP contribution in [0.15, 0.2) is 296 Å². The van der Waals surface area contributed by atoms with E-state index >= 15 is 0 Å². The first-order chi connectivity index (χ1) is 75.0. The molecule has 0 fully saturated rings. The first-order valence-corrected chi connectivity index (χ1v) is 34.0. The molecule has 0 aromatic heterocycles. The molecule has 508 valence electrons. The second-order valence-corrected chi connectivity index (χ2v) is 26.7. The lowest BCUT2D eigenvalue weighted by Gasteiger charge is -2.35. The second kappa shape index (κ2) is 21.4. The minimum absolute atomic E-state index is 0.162. The van der Waals surface area contributed by atoms with Crippen LogP contribution >= 0.6 is 0 Å². The summed E-state index contributed by atoms with van der Waals surface area (Å²) in [6, 6.07) is -34.3. The van der Waals surface area contributed by atoms with Crippen LogP contribution in [0, 0.1) is 0 Å². The Morgan fingerprint density at radius 2 is 0.405 bits per heavy atom. The van der Waals surface area contributed by atoms with Crippen molar-refractivity contribution < 1.29 is 113 Å². The van der Waals surface area contributed by atoms with Crippen molar-refractivity contribution in [3.05, 3.63) is 296 Å². The van der Waals surface area contributed by atoms with Crippen LogP contribution in [-0.4, -0.2) is 33.6 Å². The van der Waals surface area contributed by atoms with Crippen LogP contribution in [0.1, 0.15) is 65.8 Å². The van der Waals surface area contributed by atoms with Gasteiger partial charge in [0.1, 0.15) is 115 Å². The van der Waals surface area contributed by atoms with Gasteiger partial charge in [0.2, 0.25) is 0 Å². The third-order valence-electron chi connectivity index (χ3n) is 21.4. The van der Waals surface area contributed by atoms with E-state index < -0.39 is 509 Å². The molecule has 28 rings (SSSR count). The SMILES string of the molecule is [2H]c1c([2H])c([2H])c2c(c1[2H])Oc1c([2H])c([2H])c([2H])c3c1B2c1c(c([2H])c2c4c([2H])c5c(c([2H])c4c4c([2H])c([2H])c([2H])c([2H])c4c2c1[2H])B1c2c([2H])c([2H])c([2H])c([2H])c2Oc2c([2H])c([2H])c([2H])c(c21)O5)O3.[2H]c1c([2H])c([2H])c2c(c1[2H])Oc1c([2H])c([2H])c([2H])c3c1B2c1cc([2H])c2c(c1O3)c1c([2H])c([2H])c3c(c1c1c([2H])c([2H])c4c(c21)Oc1c([2H])c([2H])c([2H])c2c1B4c1c([2H])c([2H])c([2H])c([2H])c1O2)Oc1c([2H])c([2H])c([2H])c2c1B3c1c([2H])c([2H])c([2H])c([2H])c1O2. The Hall–Kier alpha value is -14.2. The van der Waals surface area contributed by atoms with Gasteiger partial charge in [0.15, 0.2) is 0 Å². The Morgan fingerprint density at radius 1 is 0.162 bits per heavy atom. The highest BCUT2D eigenvalue weighted by Crippen LogP contribution is 2.52. The summed E-state index contributed by atoms with van der Waals surface area (Å²) in [4.78, 5) is 0. The maximum atomic E-state index is 10.4. The lowest BCUT2D eigenvalue weighted by molar-refractivity contribution is 0.464. The van der Waals surface area contributed by atoms with Crippen molar-refractivity contribution in [1.29, 1.82) is 0 Å². The van der Waals surface area contributed by atoms with Gasteiger partial charge in [-0.3, -0.25) is 0 Å². The molecule has 0 bridgehead atoms. The Bertz CT molecular complexity index is 10100. The number of benzene rings is 18. The van der Waals surface area contributed by atoms with Crippen LogP contribution in [0.3, 0.4) is 0 Å². The molecule has 10 aliphatic heterocycles. The van der Waals surface area contributed by atoms with E-state index in [2.05, 4.69) is 0 Å². The Balaban J connectivity index is 0.000000158. The van der Waals surface area contributed by atoms with Crippen LogP contribution < -0.4 is 129 Å². The Labute approximate surface area is 703 Å². The summed E-state index contributed by atoms with van der Waals surface area (Å²) in [5, 5.41) is -5.28. The maximum Gasteiger partial charge on any atom is 0.260 e. The zero-order chi connectivity index (χ0) is 114. The van der Waals surface area contributed by atoms with E-state index in [0.717, 1.165) is 0 Å². The summed E-state index contributed by atoms with van der Waals surface area (Å²) < 4.78 is 504. The third-order valence-corrected chi connectivity index (χ3v) is 21.4. The second-order valence-electron chi connectivity index (χ2n) is 26.7. The number of ether oxygens (including phenoxy) is 10. The number of rotatable bonds is 0. The molecule has 15 heteroatoms. The topological polar surface area (TPSA) is 92.3 Å². The zero-order valence-corrected chi connectivity index (χ0v) is 55.0. The maximum absolute atomic E-state index is 10.4. The van der Waals surface area contributed by atoms with Gasteiger partial charge in [-0.2, -0.15) is 0 Å². The fourth-order valence-electron chi connectivity index (χ4n) is 17.0. The van der Waals surface area contributed by atoms with Gasteiger partial charge in [-0.1, -0.05) is 193 Å². The van der Waals surface area contributed by atoms with Gasteiger partial charge in [0, 0.05) is 43.5 Å². The Kier molecular flexibility index (Phi) is 5.87. The molecular weight excluding hydrogens is 1370 g/mol. The smallest absolute Gasteiger partial charge is 0.260 e. The van der Waals surface area contributed by atoms with Crippen LogP contribution in [-0.2, 0) is 0 Å². The first-order valence-electron chi connectivity index (χ1n) is 58.0. The fourth-order valence-corrected chi connectivity index (χ4v) is 17.0. The number of hydrogen-bond donors (Lipinski definition) is 0. The van der Waals surface area contributed by atoms with Crippen molar-refractivity contribution in [2.75, 3.05) is 0 Å². The molecule has 0 amide bonds. The highest BCUT2D eigenvalue weighted by Gasteiger charge is 2.48. The molecule has 10 nitrogen and oxygen atoms in total. The zero-order valence-electron chi connectivity index (χ0n) is 103. The summed E-state index contributed by atoms with van der Waals surface area (Å²) in [7, 11) is 0. The highest BCUT2D eigenvalue weighted by molar-refractivity contribution is 7.01. The number of fused-ring (bicyclic) bond motifs is 35. The van der Waals surface area contributed by atoms with Gasteiger partial charge in [0.05, 0.1) is 65.8 Å². The highest BCUT2D eigenvalue weighted by atomic mass is 16.5. The molecule has 18 aromatic rings. The van der Waals surface area contributed by atoms with Crippen molar-refractivity contribution in [2.24, 2.45) is 0 Å². The van der Waals surface area contributed by atoms with Crippen molar-refractivity contribution in [3.63, 3.8) is 0 Å². The predicted octanol–water partition coefficient (Wildman–Crippen LogP) is 13.9. The average molecular weight is 1460 g/mol. The van der Waals surface area contributed by atoms with E-state index in [1.165, 1.54) is 6.07 Å². The average Bonchev–Trinajstić information content (AvgIpc) is 0.665. The minimum Gasteiger partial charge on any atom is -0.458 e. The molecule has 0 saturated heterocycles. The molecule has 10 aliphatic rings. The van der Waals surface area contributed by atoms with E-state index in [0.29, 0.717) is 0 Å². The van der Waals surface area contributed by atoms with Crippen molar-refractivity contribution >= 4 is 180 Å². The van der Waals surface area contributed by atoms with E-state index in [1.54, 1.807) is 0 Å². The number of para-hydroxylation sites is 5. The molecule has 0 aliphatic carbocycles. The van der Waals surface area contributed by atoms with Gasteiger partial charge < -0.3 is 47.4 Å². The summed E-state index contributed by atoms with van der Waals surface area (Å²) in [6.07, 6.45) is 0. The number of hydrogen-bond acceptors (Lipinski definition) is 10. The summed E-state index contributed by atoms with van der Waals surface area (Å²) in [5.41, 5.74) is -4.36. The van der Waals surface area contributed by atoms with Crippen LogP contribution in [0.25, 0.3) is 64.6 Å². The lowest BCUT2D eigenvalue weighted by atomic mass is 9.34. The van der Waals surface area contributed by atoms with E-state index in [-0.39, 0.29) is 76.4 Å². The summed E-state index contributed by atoms with van der Waals surface area (Å²) in [5.74, 6) is -10.2. The molecule has 10 heterocycles. The molecule has 18 aromatic carbocycles. The van der Waals surface area contributed by atoms with Gasteiger partial charge in [-0.15, -0.1) is 0 Å². The fraction of sp³-hybridized carbons (Fsp3) is 0. The molecular formula is C96H49B5O10. The summed E-state index contributed by atoms with van der Waals surface area (Å²) in [6.45, 7) is -8.24. The lowest BCUT2D eigenvalue weighted by Crippen LogP contribution is -2.57. The minimum atomic E-state index is -1.74. The largest absolute Gasteiger partial charge is 0.458 e. The van der Waals surface area contributed by atoms with E-state index in [9.17, 15) is 23.3 Å². The van der Waals surface area contributed by atoms with Crippen molar-refractivity contribution in [1.82, 2.24) is 0 Å². The molecule has 0 radical (unpaired) electrons. The molecule has 0 unspecified atom stereocenters. The molecule has 0 spiro atoms. The van der Waals surface area contributed by atoms with Gasteiger partial charge in [-0.25, -0.2) is 0 Å². The van der Waals surface area contributed by atoms with Gasteiger partial charge >= 0.3 is 0 Å². The van der Waals surface area contributed by atoms with Crippen molar-refractivity contribution in [2.45, 2.75) is 0 Å². The van der Waals surface area contributed by atoms with Crippen LogP contribution in [0.4, 0.5) is 0 Å². The summed E-state index contributed by atoms with van der Waals surface area (Å²) >= 11 is 0. The molecule has 0 saturated carbocycles. The van der Waals surface area contributed by atoms with Crippen LogP contribution in [0.2, 0.25) is 0 Å². The van der Waals surface area contributed by atoms with Gasteiger partial charge in [0.25, 0.3) is 33.6 Å². The normalized spacial score (nSPS) is 20.3. The quantitative estimate of drug-likeness (QED) is 0.108. The molecule has 111 heavy (non-hydrogen) atoms. The monoisotopic (exact) mass is 1460 g/mol. The predicted molar refractivity (Wildman–Crippen MR) is 446 cm³/mol. The molecule has 0 atom stereocenters. The van der Waals surface area contributed by atoms with Crippen molar-refractivity contribution in [3.8, 4) is 115 Å². The third kappa shape index (κ3) is 7.81. The van der Waals surface area contributed by atoms with Gasteiger partial charge in [-0.05, 0) is 206 Å². The van der Waals surface area contributed by atoms with Crippen LogP contribution in [0.5, 0.6) is 115 Å².